The number of rotatable bonds is 4. The molecule has 1 amide bonds. The fourth-order valence-corrected chi connectivity index (χ4v) is 2.93. The van der Waals surface area contributed by atoms with Gasteiger partial charge in [0.05, 0.1) is 6.04 Å². The number of amides is 1. The highest BCUT2D eigenvalue weighted by molar-refractivity contribution is 5.76. The molecular formula is C16H21N5O2. The summed E-state index contributed by atoms with van der Waals surface area (Å²) in [5.74, 6) is 1.57. The molecule has 2 aromatic heterocycles. The van der Waals surface area contributed by atoms with Crippen molar-refractivity contribution in [2.45, 2.75) is 51.7 Å². The minimum atomic E-state index is -0.235. The Hall–Kier alpha value is -2.44. The molecule has 0 aromatic carbocycles. The van der Waals surface area contributed by atoms with Gasteiger partial charge in [0.25, 0.3) is 5.56 Å². The third kappa shape index (κ3) is 3.49. The fraction of sp³-hybridized carbons (Fsp3) is 0.500. The fourth-order valence-electron chi connectivity index (χ4n) is 2.93. The molecule has 23 heavy (non-hydrogen) atoms. The summed E-state index contributed by atoms with van der Waals surface area (Å²) in [6.45, 7) is 2.80. The number of nitrogens with one attached hydrogen (secondary N) is 1. The van der Waals surface area contributed by atoms with Gasteiger partial charge in [-0.15, -0.1) is 10.2 Å². The van der Waals surface area contributed by atoms with E-state index in [0.717, 1.165) is 37.5 Å². The van der Waals surface area contributed by atoms with E-state index < -0.39 is 0 Å². The Morgan fingerprint density at radius 2 is 2.17 bits per heavy atom. The van der Waals surface area contributed by atoms with Crippen LogP contribution in [0.25, 0.3) is 0 Å². The molecule has 0 unspecified atom stereocenters. The summed E-state index contributed by atoms with van der Waals surface area (Å²) < 4.78 is 3.50. The second kappa shape index (κ2) is 6.76. The van der Waals surface area contributed by atoms with Gasteiger partial charge in [-0.3, -0.25) is 9.59 Å². The molecule has 7 nitrogen and oxygen atoms in total. The molecule has 1 atom stereocenters. The first kappa shape index (κ1) is 15.5. The molecule has 3 heterocycles. The molecule has 2 aromatic rings. The summed E-state index contributed by atoms with van der Waals surface area (Å²) in [4.78, 5) is 23.8. The molecular weight excluding hydrogens is 294 g/mol. The van der Waals surface area contributed by atoms with E-state index in [1.54, 1.807) is 18.3 Å². The average Bonchev–Trinajstić information content (AvgIpc) is 2.79. The number of hydrogen-bond acceptors (Lipinski definition) is 4. The summed E-state index contributed by atoms with van der Waals surface area (Å²) in [6.07, 6.45) is 5.98. The second-order valence-electron chi connectivity index (χ2n) is 5.89. The number of hydrogen-bond donors (Lipinski definition) is 1. The van der Waals surface area contributed by atoms with E-state index in [0.29, 0.717) is 0 Å². The first-order valence-electron chi connectivity index (χ1n) is 8.02. The average molecular weight is 315 g/mol. The van der Waals surface area contributed by atoms with E-state index in [-0.39, 0.29) is 24.1 Å². The van der Waals surface area contributed by atoms with Crippen LogP contribution in [0.15, 0.2) is 29.2 Å². The van der Waals surface area contributed by atoms with Crippen LogP contribution in [0.5, 0.6) is 0 Å². The van der Waals surface area contributed by atoms with Gasteiger partial charge in [-0.1, -0.05) is 12.5 Å². The van der Waals surface area contributed by atoms with Crippen LogP contribution in [0.2, 0.25) is 0 Å². The number of fused-ring (bicyclic) bond motifs is 1. The molecule has 0 saturated heterocycles. The highest BCUT2D eigenvalue weighted by Crippen LogP contribution is 2.18. The maximum Gasteiger partial charge on any atom is 0.250 e. The van der Waals surface area contributed by atoms with Gasteiger partial charge in [-0.25, -0.2) is 0 Å². The zero-order chi connectivity index (χ0) is 16.2. The van der Waals surface area contributed by atoms with Crippen LogP contribution in [0.3, 0.4) is 0 Å². The van der Waals surface area contributed by atoms with Gasteiger partial charge >= 0.3 is 0 Å². The van der Waals surface area contributed by atoms with Crippen LogP contribution in [-0.2, 0) is 24.3 Å². The van der Waals surface area contributed by atoms with E-state index in [1.807, 2.05) is 6.92 Å². The summed E-state index contributed by atoms with van der Waals surface area (Å²) in [7, 11) is 0. The van der Waals surface area contributed by atoms with E-state index >= 15 is 0 Å². The summed E-state index contributed by atoms with van der Waals surface area (Å²) in [6, 6.07) is 4.59. The van der Waals surface area contributed by atoms with E-state index in [9.17, 15) is 9.59 Å². The topological polar surface area (TPSA) is 81.8 Å². The Bertz CT molecular complexity index is 749. The van der Waals surface area contributed by atoms with Gasteiger partial charge in [-0.2, -0.15) is 0 Å². The molecule has 0 aliphatic carbocycles. The number of aryl methyl sites for hydroxylation is 1. The predicted molar refractivity (Wildman–Crippen MR) is 84.8 cm³/mol. The van der Waals surface area contributed by atoms with Crippen LogP contribution in [-0.4, -0.2) is 25.2 Å². The summed E-state index contributed by atoms with van der Waals surface area (Å²) in [5, 5.41) is 11.4. The Morgan fingerprint density at radius 1 is 1.30 bits per heavy atom. The molecule has 0 spiro atoms. The van der Waals surface area contributed by atoms with Crippen molar-refractivity contribution < 1.29 is 4.79 Å². The van der Waals surface area contributed by atoms with Gasteiger partial charge in [-0.05, 0) is 25.8 Å². The van der Waals surface area contributed by atoms with Crippen molar-refractivity contribution in [2.24, 2.45) is 0 Å². The lowest BCUT2D eigenvalue weighted by Gasteiger charge is -2.15. The van der Waals surface area contributed by atoms with Gasteiger partial charge in [0.15, 0.2) is 5.82 Å². The first-order chi connectivity index (χ1) is 11.1. The van der Waals surface area contributed by atoms with Crippen LogP contribution in [0.4, 0.5) is 0 Å². The molecule has 1 aliphatic rings. The van der Waals surface area contributed by atoms with Gasteiger partial charge in [0.1, 0.15) is 12.4 Å². The Morgan fingerprint density at radius 3 is 3.00 bits per heavy atom. The number of aromatic nitrogens is 4. The normalized spacial score (nSPS) is 15.5. The lowest BCUT2D eigenvalue weighted by molar-refractivity contribution is -0.122. The van der Waals surface area contributed by atoms with Gasteiger partial charge < -0.3 is 14.5 Å². The molecule has 7 heteroatoms. The zero-order valence-electron chi connectivity index (χ0n) is 13.2. The largest absolute Gasteiger partial charge is 0.345 e. The summed E-state index contributed by atoms with van der Waals surface area (Å²) in [5.41, 5.74) is -0.188. The smallest absolute Gasteiger partial charge is 0.250 e. The molecule has 1 aliphatic heterocycles. The third-order valence-electron chi connectivity index (χ3n) is 4.12. The predicted octanol–water partition coefficient (Wildman–Crippen LogP) is 1.04. The standard InChI is InChI=1S/C16H21N5O2/c1-12(16-19-18-13-7-3-2-5-10-21(13)16)17-14(22)11-20-9-6-4-8-15(20)23/h4,6,8-9,12H,2-3,5,7,10-11H2,1H3,(H,17,22)/t12-/m1/s1. The molecule has 0 bridgehead atoms. The Labute approximate surface area is 134 Å². The molecule has 1 N–H and O–H groups in total. The van der Waals surface area contributed by atoms with Crippen LogP contribution < -0.4 is 10.9 Å². The molecule has 0 saturated carbocycles. The second-order valence-corrected chi connectivity index (χ2v) is 5.89. The van der Waals surface area contributed by atoms with Crippen molar-refractivity contribution in [3.8, 4) is 0 Å². The quantitative estimate of drug-likeness (QED) is 0.914. The van der Waals surface area contributed by atoms with Gasteiger partial charge in [0.2, 0.25) is 5.91 Å². The molecule has 3 rings (SSSR count). The highest BCUT2D eigenvalue weighted by atomic mass is 16.2. The maximum absolute atomic E-state index is 12.2. The maximum atomic E-state index is 12.2. The Balaban J connectivity index is 1.68. The highest BCUT2D eigenvalue weighted by Gasteiger charge is 2.20. The number of nitrogens with zero attached hydrogens (tertiary/aromatic N) is 4. The zero-order valence-corrected chi connectivity index (χ0v) is 13.2. The summed E-state index contributed by atoms with van der Waals surface area (Å²) >= 11 is 0. The monoisotopic (exact) mass is 315 g/mol. The molecule has 0 fully saturated rings. The van der Waals surface area contributed by atoms with Crippen molar-refractivity contribution >= 4 is 5.91 Å². The van der Waals surface area contributed by atoms with Crippen molar-refractivity contribution in [1.82, 2.24) is 24.6 Å². The molecule has 0 radical (unpaired) electrons. The minimum absolute atomic E-state index is 0.00497. The minimum Gasteiger partial charge on any atom is -0.345 e. The van der Waals surface area contributed by atoms with Gasteiger partial charge in [0, 0.05) is 25.2 Å². The van der Waals surface area contributed by atoms with E-state index in [4.69, 9.17) is 0 Å². The van der Waals surface area contributed by atoms with Crippen molar-refractivity contribution in [1.29, 1.82) is 0 Å². The first-order valence-corrected chi connectivity index (χ1v) is 8.02. The lowest BCUT2D eigenvalue weighted by atomic mass is 10.2. The van der Waals surface area contributed by atoms with Crippen LogP contribution in [0, 0.1) is 0 Å². The SMILES string of the molecule is C[C@@H](NC(=O)Cn1ccccc1=O)c1nnc2n1CCCCC2. The number of carbonyl (C=O) groups is 1. The van der Waals surface area contributed by atoms with Crippen molar-refractivity contribution in [2.75, 3.05) is 0 Å². The van der Waals surface area contributed by atoms with E-state index in [1.165, 1.54) is 17.1 Å². The molecule has 122 valence electrons. The number of carbonyl (C=O) groups excluding carboxylic acids is 1. The number of pyridine rings is 1. The van der Waals surface area contributed by atoms with Crippen LogP contribution >= 0.6 is 0 Å². The third-order valence-corrected chi connectivity index (χ3v) is 4.12. The van der Waals surface area contributed by atoms with Crippen molar-refractivity contribution in [3.05, 3.63) is 46.4 Å². The van der Waals surface area contributed by atoms with Crippen LogP contribution in [0.1, 0.15) is 43.9 Å². The Kier molecular flexibility index (Phi) is 4.55. The van der Waals surface area contributed by atoms with E-state index in [2.05, 4.69) is 20.1 Å². The lowest BCUT2D eigenvalue weighted by Crippen LogP contribution is -2.34. The van der Waals surface area contributed by atoms with Crippen molar-refractivity contribution in [3.63, 3.8) is 0 Å².